The first kappa shape index (κ1) is 14.6. The molecular weight excluding hydrogens is 248 g/mol. The predicted octanol–water partition coefficient (Wildman–Crippen LogP) is 3.18. The third-order valence-corrected chi connectivity index (χ3v) is 3.95. The fourth-order valence-corrected chi connectivity index (χ4v) is 2.57. The van der Waals surface area contributed by atoms with E-state index in [0.29, 0.717) is 6.42 Å². The van der Waals surface area contributed by atoms with Gasteiger partial charge in [-0.05, 0) is 39.2 Å². The van der Waals surface area contributed by atoms with E-state index in [-0.39, 0.29) is 5.43 Å². The molecule has 0 saturated heterocycles. The molecule has 0 bridgehead atoms. The number of rotatable bonds is 6. The van der Waals surface area contributed by atoms with E-state index in [2.05, 4.69) is 6.58 Å². The van der Waals surface area contributed by atoms with Crippen LogP contribution in [0.15, 0.2) is 23.5 Å². The highest BCUT2D eigenvalue weighted by Gasteiger charge is 2.26. The summed E-state index contributed by atoms with van der Waals surface area (Å²) < 4.78 is 0. The summed E-state index contributed by atoms with van der Waals surface area (Å²) in [5, 5.41) is 9.00. The second kappa shape index (κ2) is 5.96. The van der Waals surface area contributed by atoms with Crippen LogP contribution in [-0.4, -0.2) is 11.1 Å². The molecule has 3 nitrogen and oxygen atoms in total. The number of hydrogen-bond acceptors (Lipinski definition) is 3. The Balaban J connectivity index is 2.64. The Hall–Kier alpha value is -1.42. The van der Waals surface area contributed by atoms with Gasteiger partial charge in [0.2, 0.25) is 0 Å². The van der Waals surface area contributed by atoms with Gasteiger partial charge in [0, 0.05) is 15.8 Å². The highest BCUT2D eigenvalue weighted by molar-refractivity contribution is 7.12. The van der Waals surface area contributed by atoms with E-state index < -0.39 is 11.4 Å². The quantitative estimate of drug-likeness (QED) is 0.860. The molecule has 0 fully saturated rings. The monoisotopic (exact) mass is 266 g/mol. The highest BCUT2D eigenvalue weighted by Crippen LogP contribution is 2.24. The van der Waals surface area contributed by atoms with Gasteiger partial charge in [-0.3, -0.25) is 9.59 Å². The third kappa shape index (κ3) is 4.11. The molecule has 0 aromatic carbocycles. The maximum Gasteiger partial charge on any atom is 0.309 e. The molecule has 0 unspecified atom stereocenters. The van der Waals surface area contributed by atoms with E-state index >= 15 is 0 Å². The first-order chi connectivity index (χ1) is 8.35. The molecule has 0 atom stereocenters. The molecule has 1 aromatic heterocycles. The molecule has 0 spiro atoms. The summed E-state index contributed by atoms with van der Waals surface area (Å²) in [6, 6.07) is 3.17. The van der Waals surface area contributed by atoms with Crippen molar-refractivity contribution in [1.82, 2.24) is 0 Å². The van der Waals surface area contributed by atoms with E-state index in [1.54, 1.807) is 32.1 Å². The van der Waals surface area contributed by atoms with Crippen LogP contribution in [0.4, 0.5) is 0 Å². The number of aliphatic carboxylic acids is 1. The Morgan fingerprint density at radius 2 is 2.17 bits per heavy atom. The molecule has 98 valence electrons. The van der Waals surface area contributed by atoms with Gasteiger partial charge in [-0.1, -0.05) is 12.7 Å². The van der Waals surface area contributed by atoms with Crippen LogP contribution in [-0.2, 0) is 11.2 Å². The lowest BCUT2D eigenvalue weighted by molar-refractivity contribution is -0.147. The summed E-state index contributed by atoms with van der Waals surface area (Å²) in [4.78, 5) is 24.2. The SMILES string of the molecule is C=Cc1cc(=O)cc(CCCC(C)(C)C(=O)O)s1. The Labute approximate surface area is 111 Å². The highest BCUT2D eigenvalue weighted by atomic mass is 32.1. The average molecular weight is 266 g/mol. The van der Waals surface area contributed by atoms with Gasteiger partial charge >= 0.3 is 5.97 Å². The molecule has 0 radical (unpaired) electrons. The first-order valence-corrected chi connectivity index (χ1v) is 6.67. The molecule has 1 N–H and O–H groups in total. The number of carboxylic acid groups (broad SMARTS) is 1. The van der Waals surface area contributed by atoms with Gasteiger partial charge in [0.25, 0.3) is 0 Å². The van der Waals surface area contributed by atoms with Crippen LogP contribution in [0.3, 0.4) is 0 Å². The lowest BCUT2D eigenvalue weighted by Gasteiger charge is -2.18. The number of hydrogen-bond donors (Lipinski definition) is 1. The molecule has 1 aromatic rings. The summed E-state index contributed by atoms with van der Waals surface area (Å²) in [6.45, 7) is 7.09. The fourth-order valence-electron chi connectivity index (χ4n) is 1.59. The maximum atomic E-state index is 11.4. The summed E-state index contributed by atoms with van der Waals surface area (Å²) in [6.07, 6.45) is 3.76. The average Bonchev–Trinajstić information content (AvgIpc) is 2.27. The van der Waals surface area contributed by atoms with Crippen LogP contribution in [0, 0.1) is 5.41 Å². The minimum absolute atomic E-state index is 0.0175. The number of carboxylic acids is 1. The van der Waals surface area contributed by atoms with Crippen LogP contribution in [0.2, 0.25) is 0 Å². The zero-order valence-corrected chi connectivity index (χ0v) is 11.5. The Bertz CT molecular complexity index is 500. The second-order valence-electron chi connectivity index (χ2n) is 4.91. The molecule has 0 amide bonds. The smallest absolute Gasteiger partial charge is 0.309 e. The van der Waals surface area contributed by atoms with E-state index in [9.17, 15) is 9.59 Å². The minimum atomic E-state index is -0.782. The summed E-state index contributed by atoms with van der Waals surface area (Å²) in [5.41, 5.74) is -0.725. The topological polar surface area (TPSA) is 54.4 Å². The molecule has 0 saturated carbocycles. The minimum Gasteiger partial charge on any atom is -0.481 e. The second-order valence-corrected chi connectivity index (χ2v) is 6.11. The van der Waals surface area contributed by atoms with Crippen LogP contribution in [0.25, 0.3) is 6.08 Å². The lowest BCUT2D eigenvalue weighted by Crippen LogP contribution is -2.23. The molecule has 1 rings (SSSR count). The molecule has 4 heteroatoms. The van der Waals surface area contributed by atoms with E-state index in [4.69, 9.17) is 5.11 Å². The van der Waals surface area contributed by atoms with Crippen molar-refractivity contribution < 1.29 is 9.90 Å². The van der Waals surface area contributed by atoms with Gasteiger partial charge in [-0.2, -0.15) is 0 Å². The summed E-state index contributed by atoms with van der Waals surface area (Å²) >= 11 is 1.53. The first-order valence-electron chi connectivity index (χ1n) is 5.85. The lowest BCUT2D eigenvalue weighted by atomic mass is 9.87. The van der Waals surface area contributed by atoms with Crippen LogP contribution < -0.4 is 5.43 Å². The predicted molar refractivity (Wildman–Crippen MR) is 75.0 cm³/mol. The van der Waals surface area contributed by atoms with Gasteiger partial charge in [0.05, 0.1) is 5.41 Å². The van der Waals surface area contributed by atoms with Crippen molar-refractivity contribution in [2.45, 2.75) is 33.1 Å². The van der Waals surface area contributed by atoms with Crippen molar-refractivity contribution in [3.05, 3.63) is 38.7 Å². The van der Waals surface area contributed by atoms with Crippen molar-refractivity contribution in [2.75, 3.05) is 0 Å². The van der Waals surface area contributed by atoms with Crippen molar-refractivity contribution in [3.8, 4) is 0 Å². The van der Waals surface area contributed by atoms with E-state index in [0.717, 1.165) is 22.6 Å². The Morgan fingerprint density at radius 3 is 2.72 bits per heavy atom. The van der Waals surface area contributed by atoms with Gasteiger partial charge in [-0.25, -0.2) is 0 Å². The fraction of sp³-hybridized carbons (Fsp3) is 0.429. The largest absolute Gasteiger partial charge is 0.481 e. The van der Waals surface area contributed by atoms with Crippen molar-refractivity contribution >= 4 is 23.4 Å². The Morgan fingerprint density at radius 1 is 1.50 bits per heavy atom. The zero-order valence-electron chi connectivity index (χ0n) is 10.7. The maximum absolute atomic E-state index is 11.4. The molecule has 0 aliphatic carbocycles. The number of aryl methyl sites for hydroxylation is 1. The van der Waals surface area contributed by atoms with Crippen LogP contribution in [0.5, 0.6) is 0 Å². The third-order valence-electron chi connectivity index (χ3n) is 2.84. The molecule has 18 heavy (non-hydrogen) atoms. The van der Waals surface area contributed by atoms with E-state index in [1.165, 1.54) is 11.3 Å². The molecule has 1 heterocycles. The standard InChI is InChI=1S/C14H18O3S/c1-4-11-8-10(15)9-12(18-11)6-5-7-14(2,3)13(16)17/h4,8-9H,1,5-7H2,2-3H3,(H,16,17). The van der Waals surface area contributed by atoms with Crippen LogP contribution in [0.1, 0.15) is 36.4 Å². The normalized spacial score (nSPS) is 11.2. The van der Waals surface area contributed by atoms with Gasteiger partial charge in [0.15, 0.2) is 5.43 Å². The van der Waals surface area contributed by atoms with E-state index in [1.807, 2.05) is 0 Å². The zero-order chi connectivity index (χ0) is 13.8. The van der Waals surface area contributed by atoms with Gasteiger partial charge in [0.1, 0.15) is 0 Å². The van der Waals surface area contributed by atoms with Crippen LogP contribution >= 0.6 is 11.3 Å². The van der Waals surface area contributed by atoms with Crippen molar-refractivity contribution in [3.63, 3.8) is 0 Å². The van der Waals surface area contributed by atoms with Gasteiger partial charge < -0.3 is 5.11 Å². The molecule has 0 aliphatic rings. The molecule has 0 aliphatic heterocycles. The van der Waals surface area contributed by atoms with Crippen molar-refractivity contribution in [1.29, 1.82) is 0 Å². The van der Waals surface area contributed by atoms with Crippen molar-refractivity contribution in [2.24, 2.45) is 5.41 Å². The Kier molecular flexibility index (Phi) is 4.84. The summed E-state index contributed by atoms with van der Waals surface area (Å²) in [7, 11) is 0. The molecular formula is C14H18O3S. The number of carbonyl (C=O) groups is 1. The summed E-state index contributed by atoms with van der Waals surface area (Å²) in [5.74, 6) is -0.782. The van der Waals surface area contributed by atoms with Gasteiger partial charge in [-0.15, -0.1) is 11.3 Å².